The van der Waals surface area contributed by atoms with Crippen molar-refractivity contribution in [2.75, 3.05) is 26.3 Å². The minimum absolute atomic E-state index is 0.000434. The third-order valence-electron chi connectivity index (χ3n) is 4.54. The van der Waals surface area contributed by atoms with Crippen LogP contribution in [0.5, 0.6) is 0 Å². The molecule has 0 spiro atoms. The molecular weight excluding hydrogens is 368 g/mol. The molecule has 0 aromatic heterocycles. The number of carbonyl (C=O) groups excluding carboxylic acids is 2. The molecule has 0 radical (unpaired) electrons. The minimum atomic E-state index is -0.766. The number of carbonyl (C=O) groups is 2. The van der Waals surface area contributed by atoms with E-state index in [-0.39, 0.29) is 19.2 Å². The van der Waals surface area contributed by atoms with Crippen molar-refractivity contribution in [1.29, 1.82) is 0 Å². The van der Waals surface area contributed by atoms with Crippen LogP contribution in [0.15, 0.2) is 60.7 Å². The van der Waals surface area contributed by atoms with E-state index in [1.165, 1.54) is 0 Å². The number of aliphatic hydroxyl groups is 1. The van der Waals surface area contributed by atoms with E-state index in [4.69, 9.17) is 4.74 Å². The van der Waals surface area contributed by atoms with E-state index in [0.717, 1.165) is 11.1 Å². The SMILES string of the molecule is CCOC(=O)[C@H](Cc1ccccc1)NC(=O)N(CCCO)CCc1ccccc1. The van der Waals surface area contributed by atoms with E-state index in [0.29, 0.717) is 32.4 Å². The number of amides is 2. The predicted octanol–water partition coefficient (Wildman–Crippen LogP) is 2.80. The molecule has 0 aliphatic heterocycles. The molecule has 156 valence electrons. The van der Waals surface area contributed by atoms with Crippen molar-refractivity contribution < 1.29 is 19.4 Å². The Morgan fingerprint density at radius 3 is 2.21 bits per heavy atom. The summed E-state index contributed by atoms with van der Waals surface area (Å²) in [6.07, 6.45) is 1.53. The Kier molecular flexibility index (Phi) is 9.72. The molecule has 0 heterocycles. The van der Waals surface area contributed by atoms with Gasteiger partial charge < -0.3 is 20.1 Å². The Balaban J connectivity index is 2.05. The Morgan fingerprint density at radius 2 is 1.62 bits per heavy atom. The number of hydrogen-bond acceptors (Lipinski definition) is 4. The standard InChI is InChI=1S/C23H30N2O4/c1-2-29-22(27)21(18-20-12-7-4-8-13-20)24-23(28)25(15-9-17-26)16-14-19-10-5-3-6-11-19/h3-8,10-13,21,26H,2,9,14-18H2,1H3,(H,24,28)/t21-/m0/s1. The predicted molar refractivity (Wildman–Crippen MR) is 113 cm³/mol. The molecular formula is C23H30N2O4. The second kappa shape index (κ2) is 12.6. The maximum atomic E-state index is 12.9. The van der Waals surface area contributed by atoms with Crippen LogP contribution in [0.3, 0.4) is 0 Å². The molecule has 2 aromatic carbocycles. The number of nitrogens with zero attached hydrogens (tertiary/aromatic N) is 1. The Hall–Kier alpha value is -2.86. The molecule has 2 aromatic rings. The zero-order chi connectivity index (χ0) is 20.9. The average molecular weight is 399 g/mol. The first-order valence-corrected chi connectivity index (χ1v) is 10.0. The molecule has 1 atom stereocenters. The van der Waals surface area contributed by atoms with Crippen LogP contribution in [-0.2, 0) is 22.4 Å². The van der Waals surface area contributed by atoms with Crippen molar-refractivity contribution in [3.8, 4) is 0 Å². The first-order valence-electron chi connectivity index (χ1n) is 10.0. The number of aliphatic hydroxyl groups excluding tert-OH is 1. The fourth-order valence-corrected chi connectivity index (χ4v) is 3.01. The Labute approximate surface area is 172 Å². The lowest BCUT2D eigenvalue weighted by Crippen LogP contribution is -2.50. The topological polar surface area (TPSA) is 78.9 Å². The van der Waals surface area contributed by atoms with E-state index in [1.54, 1.807) is 11.8 Å². The highest BCUT2D eigenvalue weighted by Gasteiger charge is 2.25. The highest BCUT2D eigenvalue weighted by atomic mass is 16.5. The summed E-state index contributed by atoms with van der Waals surface area (Å²) in [6.45, 7) is 2.90. The van der Waals surface area contributed by atoms with Gasteiger partial charge >= 0.3 is 12.0 Å². The van der Waals surface area contributed by atoms with E-state index in [2.05, 4.69) is 5.32 Å². The molecule has 29 heavy (non-hydrogen) atoms. The summed E-state index contributed by atoms with van der Waals surface area (Å²) in [4.78, 5) is 26.9. The summed E-state index contributed by atoms with van der Waals surface area (Å²) in [5.74, 6) is -0.449. The van der Waals surface area contributed by atoms with Gasteiger partial charge in [0, 0.05) is 26.1 Å². The normalized spacial score (nSPS) is 11.5. The highest BCUT2D eigenvalue weighted by molar-refractivity contribution is 5.84. The molecule has 2 N–H and O–H groups in total. The van der Waals surface area contributed by atoms with Crippen LogP contribution in [-0.4, -0.2) is 54.4 Å². The van der Waals surface area contributed by atoms with Gasteiger partial charge in [0.05, 0.1) is 6.61 Å². The Bertz CT molecular complexity index is 737. The van der Waals surface area contributed by atoms with Crippen LogP contribution in [0.25, 0.3) is 0 Å². The average Bonchev–Trinajstić information content (AvgIpc) is 2.75. The molecule has 0 unspecified atom stereocenters. The monoisotopic (exact) mass is 398 g/mol. The van der Waals surface area contributed by atoms with Crippen LogP contribution >= 0.6 is 0 Å². The van der Waals surface area contributed by atoms with Crippen molar-refractivity contribution in [2.45, 2.75) is 32.2 Å². The van der Waals surface area contributed by atoms with E-state index >= 15 is 0 Å². The lowest BCUT2D eigenvalue weighted by atomic mass is 10.1. The van der Waals surface area contributed by atoms with E-state index < -0.39 is 12.0 Å². The van der Waals surface area contributed by atoms with Crippen molar-refractivity contribution >= 4 is 12.0 Å². The number of esters is 1. The van der Waals surface area contributed by atoms with Gasteiger partial charge in [-0.2, -0.15) is 0 Å². The van der Waals surface area contributed by atoms with E-state index in [1.807, 2.05) is 60.7 Å². The molecule has 6 heteroatoms. The second-order valence-corrected chi connectivity index (χ2v) is 6.74. The highest BCUT2D eigenvalue weighted by Crippen LogP contribution is 2.07. The summed E-state index contributed by atoms with van der Waals surface area (Å²) in [5, 5.41) is 12.0. The quantitative estimate of drug-likeness (QED) is 0.571. The largest absolute Gasteiger partial charge is 0.464 e. The molecule has 0 saturated carbocycles. The third-order valence-corrected chi connectivity index (χ3v) is 4.54. The number of benzene rings is 2. The summed E-state index contributed by atoms with van der Waals surface area (Å²) in [6, 6.07) is 18.3. The van der Waals surface area contributed by atoms with E-state index in [9.17, 15) is 14.7 Å². The van der Waals surface area contributed by atoms with Crippen molar-refractivity contribution in [3.05, 3.63) is 71.8 Å². The number of ether oxygens (including phenoxy) is 1. The van der Waals surface area contributed by atoms with Gasteiger partial charge in [0.2, 0.25) is 0 Å². The van der Waals surface area contributed by atoms with Crippen LogP contribution in [0.1, 0.15) is 24.5 Å². The molecule has 2 amide bonds. The summed E-state index contributed by atoms with van der Waals surface area (Å²) in [7, 11) is 0. The van der Waals surface area contributed by atoms with Crippen LogP contribution in [0.4, 0.5) is 4.79 Å². The van der Waals surface area contributed by atoms with Gasteiger partial charge in [0.15, 0.2) is 0 Å². The van der Waals surface area contributed by atoms with Gasteiger partial charge in [-0.25, -0.2) is 9.59 Å². The van der Waals surface area contributed by atoms with Crippen LogP contribution in [0.2, 0.25) is 0 Å². The third kappa shape index (κ3) is 7.95. The van der Waals surface area contributed by atoms with Crippen molar-refractivity contribution in [1.82, 2.24) is 10.2 Å². The van der Waals surface area contributed by atoms with Crippen molar-refractivity contribution in [2.24, 2.45) is 0 Å². The number of urea groups is 1. The lowest BCUT2D eigenvalue weighted by molar-refractivity contribution is -0.145. The van der Waals surface area contributed by atoms with Crippen LogP contribution in [0, 0.1) is 0 Å². The maximum Gasteiger partial charge on any atom is 0.329 e. The van der Waals surface area contributed by atoms with Gasteiger partial charge in [-0.15, -0.1) is 0 Å². The van der Waals surface area contributed by atoms with Gasteiger partial charge in [-0.3, -0.25) is 0 Å². The van der Waals surface area contributed by atoms with Gasteiger partial charge in [-0.1, -0.05) is 60.7 Å². The zero-order valence-electron chi connectivity index (χ0n) is 16.9. The molecule has 0 aliphatic carbocycles. The number of rotatable bonds is 11. The molecule has 2 rings (SSSR count). The first kappa shape index (κ1) is 22.4. The van der Waals surface area contributed by atoms with Gasteiger partial charge in [0.25, 0.3) is 0 Å². The van der Waals surface area contributed by atoms with Crippen molar-refractivity contribution in [3.63, 3.8) is 0 Å². The smallest absolute Gasteiger partial charge is 0.329 e. The number of hydrogen-bond donors (Lipinski definition) is 2. The number of nitrogens with one attached hydrogen (secondary N) is 1. The maximum absolute atomic E-state index is 12.9. The fraction of sp³-hybridized carbons (Fsp3) is 0.391. The van der Waals surface area contributed by atoms with Gasteiger partial charge in [-0.05, 0) is 30.9 Å². The lowest BCUT2D eigenvalue weighted by Gasteiger charge is -2.26. The molecule has 0 saturated heterocycles. The summed E-state index contributed by atoms with van der Waals surface area (Å²) in [5.41, 5.74) is 2.07. The second-order valence-electron chi connectivity index (χ2n) is 6.74. The molecule has 0 aliphatic rings. The molecule has 0 fully saturated rings. The fourth-order valence-electron chi connectivity index (χ4n) is 3.01. The Morgan fingerprint density at radius 1 is 1.00 bits per heavy atom. The molecule has 0 bridgehead atoms. The summed E-state index contributed by atoms with van der Waals surface area (Å²) >= 11 is 0. The molecule has 6 nitrogen and oxygen atoms in total. The summed E-state index contributed by atoms with van der Waals surface area (Å²) < 4.78 is 5.16. The minimum Gasteiger partial charge on any atom is -0.464 e. The zero-order valence-corrected chi connectivity index (χ0v) is 16.9. The first-order chi connectivity index (χ1) is 14.1. The van der Waals surface area contributed by atoms with Gasteiger partial charge in [0.1, 0.15) is 6.04 Å². The van der Waals surface area contributed by atoms with Crippen LogP contribution < -0.4 is 5.32 Å².